The van der Waals surface area contributed by atoms with E-state index >= 15 is 0 Å². The fourth-order valence-electron chi connectivity index (χ4n) is 2.58. The number of benzene rings is 2. The molecule has 2 rings (SSSR count). The zero-order valence-corrected chi connectivity index (χ0v) is 16.9. The van der Waals surface area contributed by atoms with Crippen molar-refractivity contribution in [2.75, 3.05) is 17.2 Å². The van der Waals surface area contributed by atoms with E-state index in [0.29, 0.717) is 18.0 Å². The highest BCUT2D eigenvalue weighted by atomic mass is 16.5. The van der Waals surface area contributed by atoms with E-state index in [4.69, 9.17) is 4.74 Å². The van der Waals surface area contributed by atoms with Gasteiger partial charge in [0.05, 0.1) is 13.0 Å². The van der Waals surface area contributed by atoms with Crippen LogP contribution in [0.2, 0.25) is 0 Å². The molecule has 0 unspecified atom stereocenters. The van der Waals surface area contributed by atoms with Crippen molar-refractivity contribution in [1.29, 1.82) is 0 Å². The molecule has 2 aromatic rings. The van der Waals surface area contributed by atoms with E-state index in [0.717, 1.165) is 12.8 Å². The van der Waals surface area contributed by atoms with Gasteiger partial charge in [0.1, 0.15) is 0 Å². The number of rotatable bonds is 10. The summed E-state index contributed by atoms with van der Waals surface area (Å²) in [5.41, 5.74) is 2.38. The van der Waals surface area contributed by atoms with Crippen molar-refractivity contribution in [1.82, 2.24) is 0 Å². The van der Waals surface area contributed by atoms with Crippen molar-refractivity contribution in [3.05, 3.63) is 60.2 Å². The lowest BCUT2D eigenvalue weighted by molar-refractivity contribution is -0.144. The average Bonchev–Trinajstić information content (AvgIpc) is 2.70. The first-order chi connectivity index (χ1) is 13.9. The van der Waals surface area contributed by atoms with Crippen molar-refractivity contribution in [3.8, 4) is 0 Å². The number of carbonyl (C=O) groups excluding carboxylic acids is 3. The number of anilines is 2. The maximum Gasteiger partial charge on any atom is 0.306 e. The Kier molecular flexibility index (Phi) is 8.89. The minimum absolute atomic E-state index is 0.0287. The van der Waals surface area contributed by atoms with Crippen LogP contribution in [-0.4, -0.2) is 24.4 Å². The second-order valence-electron chi connectivity index (χ2n) is 7.08. The van der Waals surface area contributed by atoms with Gasteiger partial charge in [-0.05, 0) is 36.6 Å². The Morgan fingerprint density at radius 1 is 0.897 bits per heavy atom. The number of carbonyl (C=O) groups is 3. The van der Waals surface area contributed by atoms with Crippen LogP contribution in [0.5, 0.6) is 0 Å². The fourth-order valence-corrected chi connectivity index (χ4v) is 2.58. The summed E-state index contributed by atoms with van der Waals surface area (Å²) < 4.78 is 5.18. The summed E-state index contributed by atoms with van der Waals surface area (Å²) >= 11 is 0. The van der Waals surface area contributed by atoms with Gasteiger partial charge in [0.2, 0.25) is 11.8 Å². The second kappa shape index (κ2) is 11.6. The Balaban J connectivity index is 1.67. The molecule has 0 heterocycles. The largest absolute Gasteiger partial charge is 0.466 e. The molecule has 0 aliphatic rings. The van der Waals surface area contributed by atoms with E-state index in [9.17, 15) is 14.4 Å². The van der Waals surface area contributed by atoms with Gasteiger partial charge in [0.25, 0.3) is 0 Å². The summed E-state index contributed by atoms with van der Waals surface area (Å²) in [5.74, 6) is -0.889. The van der Waals surface area contributed by atoms with Crippen molar-refractivity contribution >= 4 is 29.2 Å². The molecule has 0 bridgehead atoms. The van der Waals surface area contributed by atoms with E-state index in [1.54, 1.807) is 24.3 Å². The summed E-state index contributed by atoms with van der Waals surface area (Å²) in [6.07, 6.45) is 1.66. The Hall–Kier alpha value is -3.15. The van der Waals surface area contributed by atoms with E-state index in [2.05, 4.69) is 10.6 Å². The lowest BCUT2D eigenvalue weighted by Crippen LogP contribution is -2.18. The van der Waals surface area contributed by atoms with Gasteiger partial charge in [0, 0.05) is 23.7 Å². The van der Waals surface area contributed by atoms with Crippen LogP contribution < -0.4 is 10.6 Å². The van der Waals surface area contributed by atoms with Crippen LogP contribution in [0.1, 0.15) is 38.7 Å². The Labute approximate surface area is 171 Å². The Morgan fingerprint density at radius 3 is 2.28 bits per heavy atom. The van der Waals surface area contributed by atoms with E-state index in [1.165, 1.54) is 5.56 Å². The molecule has 154 valence electrons. The quantitative estimate of drug-likeness (QED) is 0.466. The predicted octanol–water partition coefficient (Wildman–Crippen LogP) is 4.18. The zero-order chi connectivity index (χ0) is 21.1. The third-order valence-electron chi connectivity index (χ3n) is 4.21. The average molecular weight is 396 g/mol. The van der Waals surface area contributed by atoms with Gasteiger partial charge < -0.3 is 15.4 Å². The lowest BCUT2D eigenvalue weighted by atomic mass is 10.1. The van der Waals surface area contributed by atoms with Crippen LogP contribution >= 0.6 is 0 Å². The minimum Gasteiger partial charge on any atom is -0.466 e. The molecule has 0 atom stereocenters. The Morgan fingerprint density at radius 2 is 1.59 bits per heavy atom. The molecular weight excluding hydrogens is 368 g/mol. The van der Waals surface area contributed by atoms with Crippen molar-refractivity contribution in [3.63, 3.8) is 0 Å². The third kappa shape index (κ3) is 8.60. The second-order valence-corrected chi connectivity index (χ2v) is 7.08. The molecule has 0 spiro atoms. The van der Waals surface area contributed by atoms with Crippen molar-refractivity contribution in [2.24, 2.45) is 5.92 Å². The van der Waals surface area contributed by atoms with Crippen molar-refractivity contribution in [2.45, 2.75) is 39.5 Å². The molecule has 0 aromatic heterocycles. The molecule has 2 amide bonds. The highest BCUT2D eigenvalue weighted by molar-refractivity contribution is 5.95. The highest BCUT2D eigenvalue weighted by Crippen LogP contribution is 2.16. The SMILES string of the molecule is CC(C)C(=O)Nc1cccc(NC(=O)CCC(=O)OCCCc2ccccc2)c1. The molecule has 6 heteroatoms. The van der Waals surface area contributed by atoms with Gasteiger partial charge in [-0.2, -0.15) is 0 Å². The number of ether oxygens (including phenoxy) is 1. The summed E-state index contributed by atoms with van der Waals surface area (Å²) in [6, 6.07) is 16.9. The molecule has 2 aromatic carbocycles. The number of nitrogens with one attached hydrogen (secondary N) is 2. The van der Waals surface area contributed by atoms with Crippen LogP contribution in [0.4, 0.5) is 11.4 Å². The number of amides is 2. The molecule has 0 radical (unpaired) electrons. The van der Waals surface area contributed by atoms with E-state index in [1.807, 2.05) is 44.2 Å². The van der Waals surface area contributed by atoms with Gasteiger partial charge >= 0.3 is 5.97 Å². The lowest BCUT2D eigenvalue weighted by Gasteiger charge is -2.10. The highest BCUT2D eigenvalue weighted by Gasteiger charge is 2.10. The standard InChI is InChI=1S/C23H28N2O4/c1-17(2)23(28)25-20-12-6-11-19(16-20)24-21(26)13-14-22(27)29-15-7-10-18-8-4-3-5-9-18/h3-6,8-9,11-12,16-17H,7,10,13-15H2,1-2H3,(H,24,26)(H,25,28). The molecule has 29 heavy (non-hydrogen) atoms. The minimum atomic E-state index is -0.383. The van der Waals surface area contributed by atoms with Gasteiger partial charge in [-0.1, -0.05) is 50.2 Å². The van der Waals surface area contributed by atoms with Gasteiger partial charge in [-0.3, -0.25) is 14.4 Å². The molecule has 0 aliphatic carbocycles. The summed E-state index contributed by atoms with van der Waals surface area (Å²) in [5, 5.41) is 5.51. The first-order valence-electron chi connectivity index (χ1n) is 9.84. The van der Waals surface area contributed by atoms with Crippen LogP contribution in [-0.2, 0) is 25.5 Å². The summed E-state index contributed by atoms with van der Waals surface area (Å²) in [7, 11) is 0. The molecule has 2 N–H and O–H groups in total. The Bertz CT molecular complexity index is 819. The summed E-state index contributed by atoms with van der Waals surface area (Å²) in [4.78, 5) is 35.6. The monoisotopic (exact) mass is 396 g/mol. The van der Waals surface area contributed by atoms with Crippen LogP contribution in [0.25, 0.3) is 0 Å². The van der Waals surface area contributed by atoms with Crippen LogP contribution in [0, 0.1) is 5.92 Å². The first kappa shape index (κ1) is 22.1. The number of hydrogen-bond acceptors (Lipinski definition) is 4. The molecule has 0 fully saturated rings. The normalized spacial score (nSPS) is 10.4. The fraction of sp³-hybridized carbons (Fsp3) is 0.348. The zero-order valence-electron chi connectivity index (χ0n) is 16.9. The molecule has 0 aliphatic heterocycles. The van der Waals surface area contributed by atoms with E-state index < -0.39 is 0 Å². The molecule has 6 nitrogen and oxygen atoms in total. The van der Waals surface area contributed by atoms with Crippen molar-refractivity contribution < 1.29 is 19.1 Å². The molecular formula is C23H28N2O4. The predicted molar refractivity (Wildman–Crippen MR) is 113 cm³/mol. The number of aryl methyl sites for hydroxylation is 1. The maximum absolute atomic E-state index is 12.1. The summed E-state index contributed by atoms with van der Waals surface area (Å²) in [6.45, 7) is 3.95. The maximum atomic E-state index is 12.1. The number of hydrogen-bond donors (Lipinski definition) is 2. The van der Waals surface area contributed by atoms with Gasteiger partial charge in [0.15, 0.2) is 0 Å². The molecule has 0 saturated heterocycles. The van der Waals surface area contributed by atoms with E-state index in [-0.39, 0.29) is 36.5 Å². The third-order valence-corrected chi connectivity index (χ3v) is 4.21. The van der Waals surface area contributed by atoms with Crippen LogP contribution in [0.3, 0.4) is 0 Å². The smallest absolute Gasteiger partial charge is 0.306 e. The van der Waals surface area contributed by atoms with Crippen LogP contribution in [0.15, 0.2) is 54.6 Å². The van der Waals surface area contributed by atoms with Gasteiger partial charge in [-0.15, -0.1) is 0 Å². The molecule has 0 saturated carbocycles. The first-order valence-corrected chi connectivity index (χ1v) is 9.84. The number of esters is 1. The topological polar surface area (TPSA) is 84.5 Å². The van der Waals surface area contributed by atoms with Gasteiger partial charge in [-0.25, -0.2) is 0 Å².